The first-order chi connectivity index (χ1) is 10.1. The van der Waals surface area contributed by atoms with E-state index in [-0.39, 0.29) is 23.9 Å². The smallest absolute Gasteiger partial charge is 0.241 e. The average molecular weight is 310 g/mol. The number of hydrogen-bond acceptors (Lipinski definition) is 3. The van der Waals surface area contributed by atoms with E-state index in [1.807, 2.05) is 12.3 Å². The van der Waals surface area contributed by atoms with Gasteiger partial charge in [-0.3, -0.25) is 10.1 Å². The maximum atomic E-state index is 14.1. The second-order valence-electron chi connectivity index (χ2n) is 5.47. The van der Waals surface area contributed by atoms with E-state index in [1.54, 1.807) is 28.8 Å². The molecule has 116 valence electrons. The van der Waals surface area contributed by atoms with Gasteiger partial charge in [-0.2, -0.15) is 11.8 Å². The van der Waals surface area contributed by atoms with Crippen LogP contribution in [-0.2, 0) is 4.79 Å². The van der Waals surface area contributed by atoms with Gasteiger partial charge in [0.1, 0.15) is 12.0 Å². The Morgan fingerprint density at radius 2 is 2.14 bits per heavy atom. The lowest BCUT2D eigenvalue weighted by molar-refractivity contribution is -0.130. The fourth-order valence-electron chi connectivity index (χ4n) is 2.68. The molecule has 1 aromatic rings. The molecule has 0 bridgehead atoms. The average Bonchev–Trinajstić information content (AvgIpc) is 2.77. The van der Waals surface area contributed by atoms with Crippen molar-refractivity contribution in [3.63, 3.8) is 0 Å². The maximum absolute atomic E-state index is 14.1. The van der Waals surface area contributed by atoms with Gasteiger partial charge in [-0.1, -0.05) is 38.5 Å². The van der Waals surface area contributed by atoms with Crippen molar-refractivity contribution in [1.29, 1.82) is 0 Å². The summed E-state index contributed by atoms with van der Waals surface area (Å²) in [6.07, 6.45) is 3.39. The van der Waals surface area contributed by atoms with Crippen molar-refractivity contribution in [2.45, 2.75) is 44.1 Å². The third-order valence-corrected chi connectivity index (χ3v) is 4.84. The van der Waals surface area contributed by atoms with Crippen LogP contribution in [0.15, 0.2) is 24.3 Å². The van der Waals surface area contributed by atoms with Gasteiger partial charge in [-0.05, 0) is 18.7 Å². The second-order valence-corrected chi connectivity index (χ2v) is 6.75. The summed E-state index contributed by atoms with van der Waals surface area (Å²) in [5.41, 5.74) is 0.553. The topological polar surface area (TPSA) is 32.3 Å². The Balaban J connectivity index is 2.27. The third kappa shape index (κ3) is 3.58. The second kappa shape index (κ2) is 7.27. The van der Waals surface area contributed by atoms with Crippen LogP contribution < -0.4 is 5.32 Å². The SMILES string of the molecule is CCCC1NC(c2ccccc2F)N(CC(C)SC)C1=O. The molecule has 1 N–H and O–H groups in total. The van der Waals surface area contributed by atoms with Crippen LogP contribution in [0.3, 0.4) is 0 Å². The highest BCUT2D eigenvalue weighted by Crippen LogP contribution is 2.29. The highest BCUT2D eigenvalue weighted by Gasteiger charge is 2.40. The van der Waals surface area contributed by atoms with Gasteiger partial charge in [-0.25, -0.2) is 4.39 Å². The van der Waals surface area contributed by atoms with Crippen LogP contribution in [0.25, 0.3) is 0 Å². The third-order valence-electron chi connectivity index (χ3n) is 3.89. The number of nitrogens with zero attached hydrogens (tertiary/aromatic N) is 1. The van der Waals surface area contributed by atoms with Crippen LogP contribution in [-0.4, -0.2) is 34.9 Å². The molecule has 0 saturated carbocycles. The molecule has 1 amide bonds. The van der Waals surface area contributed by atoms with Crippen LogP contribution in [0.1, 0.15) is 38.4 Å². The van der Waals surface area contributed by atoms with Crippen LogP contribution in [0.5, 0.6) is 0 Å². The highest BCUT2D eigenvalue weighted by atomic mass is 32.2. The molecule has 2 rings (SSSR count). The number of thioether (sulfide) groups is 1. The van der Waals surface area contributed by atoms with Gasteiger partial charge in [0.2, 0.25) is 5.91 Å². The molecule has 0 aliphatic carbocycles. The van der Waals surface area contributed by atoms with E-state index >= 15 is 0 Å². The van der Waals surface area contributed by atoms with Crippen LogP contribution in [0.2, 0.25) is 0 Å². The Kier molecular flexibility index (Phi) is 5.65. The fourth-order valence-corrected chi connectivity index (χ4v) is 2.99. The Morgan fingerprint density at radius 3 is 2.76 bits per heavy atom. The van der Waals surface area contributed by atoms with Gasteiger partial charge in [0, 0.05) is 17.4 Å². The molecule has 1 aliphatic rings. The summed E-state index contributed by atoms with van der Waals surface area (Å²) in [6.45, 7) is 4.77. The zero-order valence-electron chi connectivity index (χ0n) is 12.8. The molecule has 21 heavy (non-hydrogen) atoms. The fraction of sp³-hybridized carbons (Fsp3) is 0.562. The summed E-state index contributed by atoms with van der Waals surface area (Å²) < 4.78 is 14.1. The molecule has 3 nitrogen and oxygen atoms in total. The minimum Gasteiger partial charge on any atom is -0.320 e. The summed E-state index contributed by atoms with van der Waals surface area (Å²) in [5.74, 6) is -0.173. The first-order valence-corrected chi connectivity index (χ1v) is 8.71. The first-order valence-electron chi connectivity index (χ1n) is 7.42. The van der Waals surface area contributed by atoms with E-state index in [4.69, 9.17) is 0 Å². The molecule has 0 radical (unpaired) electrons. The number of nitrogens with one attached hydrogen (secondary N) is 1. The first kappa shape index (κ1) is 16.3. The maximum Gasteiger partial charge on any atom is 0.241 e. The Labute approximate surface area is 130 Å². The largest absolute Gasteiger partial charge is 0.320 e. The Hall–Kier alpha value is -1.07. The number of halogens is 1. The number of carbonyl (C=O) groups is 1. The van der Waals surface area contributed by atoms with Gasteiger partial charge in [0.15, 0.2) is 0 Å². The number of carbonyl (C=O) groups excluding carboxylic acids is 1. The van der Waals surface area contributed by atoms with Gasteiger partial charge < -0.3 is 4.90 Å². The zero-order valence-corrected chi connectivity index (χ0v) is 13.6. The molecule has 1 saturated heterocycles. The van der Waals surface area contributed by atoms with Gasteiger partial charge in [0.05, 0.1) is 6.04 Å². The van der Waals surface area contributed by atoms with E-state index in [1.165, 1.54) is 6.07 Å². The minimum atomic E-state index is -0.357. The molecule has 5 heteroatoms. The normalized spacial score (nSPS) is 23.6. The lowest BCUT2D eigenvalue weighted by Crippen LogP contribution is -2.35. The van der Waals surface area contributed by atoms with E-state index in [0.717, 1.165) is 12.8 Å². The molecule has 1 fully saturated rings. The lowest BCUT2D eigenvalue weighted by atomic mass is 10.1. The summed E-state index contributed by atoms with van der Waals surface area (Å²) in [7, 11) is 0. The monoisotopic (exact) mass is 310 g/mol. The van der Waals surface area contributed by atoms with Crippen molar-refractivity contribution >= 4 is 17.7 Å². The summed E-state index contributed by atoms with van der Waals surface area (Å²) >= 11 is 1.71. The summed E-state index contributed by atoms with van der Waals surface area (Å²) in [4.78, 5) is 14.4. The molecule has 3 atom stereocenters. The van der Waals surface area contributed by atoms with Gasteiger partial charge >= 0.3 is 0 Å². The molecule has 1 aromatic carbocycles. The van der Waals surface area contributed by atoms with Crippen molar-refractivity contribution < 1.29 is 9.18 Å². The summed E-state index contributed by atoms with van der Waals surface area (Å²) in [6, 6.07) is 6.49. The number of amides is 1. The molecule has 1 aliphatic heterocycles. The van der Waals surface area contributed by atoms with E-state index < -0.39 is 0 Å². The molecule has 1 heterocycles. The van der Waals surface area contributed by atoms with Crippen molar-refractivity contribution in [2.24, 2.45) is 0 Å². The highest BCUT2D eigenvalue weighted by molar-refractivity contribution is 7.99. The van der Waals surface area contributed by atoms with Crippen molar-refractivity contribution in [2.75, 3.05) is 12.8 Å². The van der Waals surface area contributed by atoms with Crippen LogP contribution in [0.4, 0.5) is 4.39 Å². The number of rotatable bonds is 6. The van der Waals surface area contributed by atoms with Gasteiger partial charge in [-0.15, -0.1) is 0 Å². The molecular formula is C16H23FN2OS. The van der Waals surface area contributed by atoms with E-state index in [9.17, 15) is 9.18 Å². The molecule has 0 aromatic heterocycles. The summed E-state index contributed by atoms with van der Waals surface area (Å²) in [5, 5.41) is 3.63. The Bertz CT molecular complexity index is 497. The van der Waals surface area contributed by atoms with Crippen molar-refractivity contribution in [1.82, 2.24) is 10.2 Å². The van der Waals surface area contributed by atoms with E-state index in [0.29, 0.717) is 17.4 Å². The molecular weight excluding hydrogens is 287 g/mol. The van der Waals surface area contributed by atoms with Crippen LogP contribution in [0, 0.1) is 5.82 Å². The lowest BCUT2D eigenvalue weighted by Gasteiger charge is -2.27. The van der Waals surface area contributed by atoms with E-state index in [2.05, 4.69) is 19.2 Å². The Morgan fingerprint density at radius 1 is 1.43 bits per heavy atom. The predicted octanol–water partition coefficient (Wildman–Crippen LogP) is 3.18. The molecule has 3 unspecified atom stereocenters. The van der Waals surface area contributed by atoms with Gasteiger partial charge in [0.25, 0.3) is 0 Å². The number of hydrogen-bond donors (Lipinski definition) is 1. The standard InChI is InChI=1S/C16H23FN2OS/c1-4-7-14-16(20)19(10-11(2)21-3)15(18-14)12-8-5-6-9-13(12)17/h5-6,8-9,11,14-15,18H,4,7,10H2,1-3H3. The predicted molar refractivity (Wildman–Crippen MR) is 85.7 cm³/mol. The quantitative estimate of drug-likeness (QED) is 0.876. The van der Waals surface area contributed by atoms with Crippen molar-refractivity contribution in [3.05, 3.63) is 35.6 Å². The zero-order chi connectivity index (χ0) is 15.4. The van der Waals surface area contributed by atoms with Crippen LogP contribution >= 0.6 is 11.8 Å². The minimum absolute atomic E-state index is 0.0889. The van der Waals surface area contributed by atoms with Crippen molar-refractivity contribution in [3.8, 4) is 0 Å². The molecule has 0 spiro atoms. The number of benzene rings is 1.